The molecule has 0 fully saturated rings. The number of nitrogens with one attached hydrogen (secondary N) is 2. The third-order valence-corrected chi connectivity index (χ3v) is 4.01. The molecule has 2 aromatic carbocycles. The Morgan fingerprint density at radius 2 is 1.93 bits per heavy atom. The molecule has 5 nitrogen and oxygen atoms in total. The molecule has 2 N–H and O–H groups in total. The highest BCUT2D eigenvalue weighted by molar-refractivity contribution is 7.80. The monoisotopic (exact) mass is 412 g/mol. The molecule has 0 radical (unpaired) electrons. The Kier molecular flexibility index (Phi) is 5.62. The lowest BCUT2D eigenvalue weighted by Gasteiger charge is -2.11. The summed E-state index contributed by atoms with van der Waals surface area (Å²) in [5.74, 6) is 0.576. The summed E-state index contributed by atoms with van der Waals surface area (Å²) >= 11 is 11.2. The fourth-order valence-electron chi connectivity index (χ4n) is 2.18. The molecule has 0 amide bonds. The van der Waals surface area contributed by atoms with Gasteiger partial charge in [-0.25, -0.2) is 0 Å². The molecule has 3 rings (SSSR count). The molecule has 0 bridgehead atoms. The van der Waals surface area contributed by atoms with Gasteiger partial charge in [0, 0.05) is 11.3 Å². The number of anilines is 1. The molecular weight excluding hydrogens is 401 g/mol. The highest BCUT2D eigenvalue weighted by atomic mass is 35.5. The first-order valence-corrected chi connectivity index (χ1v) is 8.41. The zero-order chi connectivity index (χ0) is 19.4. The molecule has 0 saturated heterocycles. The van der Waals surface area contributed by atoms with Gasteiger partial charge in [0.1, 0.15) is 0 Å². The van der Waals surface area contributed by atoms with Gasteiger partial charge in [-0.05, 0) is 42.5 Å². The second kappa shape index (κ2) is 7.93. The second-order valence-corrected chi connectivity index (χ2v) is 6.19. The summed E-state index contributed by atoms with van der Waals surface area (Å²) in [6, 6.07) is 11.8. The van der Waals surface area contributed by atoms with E-state index in [0.29, 0.717) is 16.4 Å². The number of hydrogen-bond donors (Lipinski definition) is 2. The average molecular weight is 413 g/mol. The summed E-state index contributed by atoms with van der Waals surface area (Å²) in [6.45, 7) is 0.0995. The van der Waals surface area contributed by atoms with Gasteiger partial charge in [-0.15, -0.1) is 0 Å². The minimum atomic E-state index is -4.42. The summed E-state index contributed by atoms with van der Waals surface area (Å²) in [5.41, 5.74) is 0.0695. The summed E-state index contributed by atoms with van der Waals surface area (Å²) in [4.78, 5) is 4.21. The molecule has 0 atom stereocenters. The highest BCUT2D eigenvalue weighted by Crippen LogP contribution is 2.30. The van der Waals surface area contributed by atoms with E-state index in [1.807, 2.05) is 0 Å². The fourth-order valence-corrected chi connectivity index (χ4v) is 2.59. The first kappa shape index (κ1) is 19.1. The third-order valence-electron chi connectivity index (χ3n) is 3.43. The van der Waals surface area contributed by atoms with Crippen LogP contribution < -0.4 is 10.6 Å². The molecule has 1 heterocycles. The Morgan fingerprint density at radius 1 is 1.15 bits per heavy atom. The van der Waals surface area contributed by atoms with Crippen molar-refractivity contribution in [2.24, 2.45) is 0 Å². The van der Waals surface area contributed by atoms with Gasteiger partial charge in [0.05, 0.1) is 17.1 Å². The van der Waals surface area contributed by atoms with E-state index in [2.05, 4.69) is 20.8 Å². The Labute approximate surface area is 162 Å². The van der Waals surface area contributed by atoms with E-state index >= 15 is 0 Å². The Bertz CT molecular complexity index is 961. The van der Waals surface area contributed by atoms with E-state index in [4.69, 9.17) is 28.3 Å². The Morgan fingerprint density at radius 3 is 2.67 bits per heavy atom. The maximum atomic E-state index is 12.7. The van der Waals surface area contributed by atoms with E-state index in [1.54, 1.807) is 24.3 Å². The largest absolute Gasteiger partial charge is 0.416 e. The van der Waals surface area contributed by atoms with Crippen molar-refractivity contribution >= 4 is 34.6 Å². The number of thiocarbonyl (C=S) groups is 1. The molecule has 0 aliphatic rings. The normalized spacial score (nSPS) is 11.3. The van der Waals surface area contributed by atoms with Crippen LogP contribution in [-0.2, 0) is 12.7 Å². The number of aromatic nitrogens is 2. The molecule has 140 valence electrons. The van der Waals surface area contributed by atoms with Gasteiger partial charge in [-0.2, -0.15) is 18.2 Å². The predicted octanol–water partition coefficient (Wildman–Crippen LogP) is 4.90. The van der Waals surface area contributed by atoms with Crippen LogP contribution in [0.3, 0.4) is 0 Å². The van der Waals surface area contributed by atoms with Crippen LogP contribution in [0.15, 0.2) is 53.1 Å². The first-order valence-electron chi connectivity index (χ1n) is 7.62. The van der Waals surface area contributed by atoms with Crippen LogP contribution in [0.4, 0.5) is 18.9 Å². The van der Waals surface area contributed by atoms with Gasteiger partial charge in [-0.3, -0.25) is 0 Å². The van der Waals surface area contributed by atoms with Crippen LogP contribution in [0.2, 0.25) is 5.02 Å². The van der Waals surface area contributed by atoms with Gasteiger partial charge < -0.3 is 15.2 Å². The van der Waals surface area contributed by atoms with Crippen molar-refractivity contribution in [3.8, 4) is 11.4 Å². The van der Waals surface area contributed by atoms with E-state index in [-0.39, 0.29) is 23.2 Å². The van der Waals surface area contributed by atoms with Gasteiger partial charge in [0.2, 0.25) is 11.7 Å². The highest BCUT2D eigenvalue weighted by Gasteiger charge is 2.30. The topological polar surface area (TPSA) is 63.0 Å². The fraction of sp³-hybridized carbons (Fsp3) is 0.118. The van der Waals surface area contributed by atoms with Crippen molar-refractivity contribution in [1.82, 2.24) is 15.5 Å². The molecule has 0 aliphatic carbocycles. The van der Waals surface area contributed by atoms with E-state index in [1.165, 1.54) is 12.1 Å². The maximum Gasteiger partial charge on any atom is 0.416 e. The van der Waals surface area contributed by atoms with Crippen molar-refractivity contribution in [2.75, 3.05) is 5.32 Å². The molecule has 0 spiro atoms. The number of hydrogen-bond acceptors (Lipinski definition) is 4. The number of nitrogens with zero attached hydrogens (tertiary/aromatic N) is 2. The van der Waals surface area contributed by atoms with Gasteiger partial charge in [0.25, 0.3) is 0 Å². The van der Waals surface area contributed by atoms with Gasteiger partial charge in [0.15, 0.2) is 5.11 Å². The summed E-state index contributed by atoms with van der Waals surface area (Å²) in [5, 5.41) is 9.93. The zero-order valence-electron chi connectivity index (χ0n) is 13.5. The molecule has 27 heavy (non-hydrogen) atoms. The quantitative estimate of drug-likeness (QED) is 0.594. The van der Waals surface area contributed by atoms with Crippen molar-refractivity contribution in [3.63, 3.8) is 0 Å². The van der Waals surface area contributed by atoms with Crippen molar-refractivity contribution in [1.29, 1.82) is 0 Å². The molecular formula is C17H12ClF3N4OS. The molecule has 1 aromatic heterocycles. The molecule has 0 saturated carbocycles. The van der Waals surface area contributed by atoms with Crippen molar-refractivity contribution in [2.45, 2.75) is 12.7 Å². The molecule has 3 aromatic rings. The Balaban J connectivity index is 1.60. The standard InChI is InChI=1S/C17H12ClF3N4OS/c18-13-7-2-1-6-12(13)15-24-14(26-25-15)9-22-16(27)23-11-5-3-4-10(8-11)17(19,20)21/h1-8H,9H2,(H2,22,23,27). The van der Waals surface area contributed by atoms with Crippen LogP contribution in [0.25, 0.3) is 11.4 Å². The van der Waals surface area contributed by atoms with E-state index in [0.717, 1.165) is 12.1 Å². The predicted molar refractivity (Wildman–Crippen MR) is 99.2 cm³/mol. The zero-order valence-corrected chi connectivity index (χ0v) is 15.1. The minimum absolute atomic E-state index is 0.0995. The summed E-state index contributed by atoms with van der Waals surface area (Å²) < 4.78 is 43.3. The van der Waals surface area contributed by atoms with Crippen LogP contribution in [-0.4, -0.2) is 15.3 Å². The molecule has 0 unspecified atom stereocenters. The van der Waals surface area contributed by atoms with Gasteiger partial charge >= 0.3 is 6.18 Å². The lowest BCUT2D eigenvalue weighted by molar-refractivity contribution is -0.137. The van der Waals surface area contributed by atoms with Crippen molar-refractivity contribution < 1.29 is 17.7 Å². The van der Waals surface area contributed by atoms with Crippen LogP contribution in [0.5, 0.6) is 0 Å². The summed E-state index contributed by atoms with van der Waals surface area (Å²) in [7, 11) is 0. The first-order chi connectivity index (χ1) is 12.8. The smallest absolute Gasteiger partial charge is 0.353 e. The second-order valence-electron chi connectivity index (χ2n) is 5.38. The number of benzene rings is 2. The number of halogens is 4. The lowest BCUT2D eigenvalue weighted by Crippen LogP contribution is -2.28. The average Bonchev–Trinajstić information content (AvgIpc) is 3.09. The third kappa shape index (κ3) is 4.95. The number of rotatable bonds is 4. The SMILES string of the molecule is FC(F)(F)c1cccc(NC(=S)NCc2nc(-c3ccccc3Cl)no2)c1. The van der Waals surface area contributed by atoms with E-state index < -0.39 is 11.7 Å². The van der Waals surface area contributed by atoms with Crippen LogP contribution >= 0.6 is 23.8 Å². The maximum absolute atomic E-state index is 12.7. The lowest BCUT2D eigenvalue weighted by atomic mass is 10.2. The van der Waals surface area contributed by atoms with Crippen molar-refractivity contribution in [3.05, 3.63) is 65.0 Å². The van der Waals surface area contributed by atoms with Crippen LogP contribution in [0.1, 0.15) is 11.5 Å². The van der Waals surface area contributed by atoms with Gasteiger partial charge in [-0.1, -0.05) is 35.0 Å². The van der Waals surface area contributed by atoms with Crippen LogP contribution in [0, 0.1) is 0 Å². The Hall–Kier alpha value is -2.65. The molecule has 0 aliphatic heterocycles. The molecule has 10 heteroatoms. The summed E-state index contributed by atoms with van der Waals surface area (Å²) in [6.07, 6.45) is -4.42. The van der Waals surface area contributed by atoms with E-state index in [9.17, 15) is 13.2 Å². The number of alkyl halides is 3. The minimum Gasteiger partial charge on any atom is -0.353 e.